The molecule has 3 aromatic heterocycles. The highest BCUT2D eigenvalue weighted by Crippen LogP contribution is 2.17. The van der Waals surface area contributed by atoms with Crippen LogP contribution >= 0.6 is 11.3 Å². The first-order chi connectivity index (χ1) is 12.6. The van der Waals surface area contributed by atoms with Crippen molar-refractivity contribution in [2.75, 3.05) is 0 Å². The van der Waals surface area contributed by atoms with Crippen molar-refractivity contribution in [1.82, 2.24) is 19.4 Å². The van der Waals surface area contributed by atoms with Crippen LogP contribution in [0, 0.1) is 20.8 Å². The third-order valence-corrected chi connectivity index (χ3v) is 5.09. The summed E-state index contributed by atoms with van der Waals surface area (Å²) >= 11 is 1.46. The first-order valence-corrected chi connectivity index (χ1v) is 9.07. The molecule has 0 aliphatic rings. The van der Waals surface area contributed by atoms with Crippen LogP contribution in [0.4, 0.5) is 0 Å². The van der Waals surface area contributed by atoms with Crippen LogP contribution in [0.5, 0.6) is 0 Å². The van der Waals surface area contributed by atoms with Gasteiger partial charge in [-0.05, 0) is 44.4 Å². The van der Waals surface area contributed by atoms with Gasteiger partial charge < -0.3 is 0 Å². The molecule has 0 bridgehead atoms. The fraction of sp³-hybridized carbons (Fsp3) is 0.158. The second kappa shape index (κ2) is 6.34. The minimum atomic E-state index is -0.157. The minimum Gasteiger partial charge on any atom is -0.267 e. The maximum Gasteiger partial charge on any atom is 0.282 e. The van der Waals surface area contributed by atoms with E-state index in [1.54, 1.807) is 19.2 Å². The standard InChI is InChI=1S/C19H17N5OS/c1-12-17(13(2)23(22-12)15-7-5-4-6-8-15)11-20-24-14(3)21-18-16(19(24)25)9-10-26-18/h4-11H,1-3H3/b20-11-. The molecule has 0 saturated carbocycles. The third-order valence-electron chi connectivity index (χ3n) is 4.29. The van der Waals surface area contributed by atoms with Crippen molar-refractivity contribution < 1.29 is 0 Å². The van der Waals surface area contributed by atoms with Crippen molar-refractivity contribution in [2.24, 2.45) is 5.10 Å². The number of rotatable bonds is 3. The molecule has 0 N–H and O–H groups in total. The molecule has 0 radical (unpaired) electrons. The van der Waals surface area contributed by atoms with Crippen molar-refractivity contribution in [3.63, 3.8) is 0 Å². The van der Waals surface area contributed by atoms with Gasteiger partial charge in [-0.2, -0.15) is 14.9 Å². The Hall–Kier alpha value is -3.06. The van der Waals surface area contributed by atoms with Gasteiger partial charge in [0.1, 0.15) is 10.7 Å². The average molecular weight is 363 g/mol. The molecule has 0 atom stereocenters. The first-order valence-electron chi connectivity index (χ1n) is 8.19. The van der Waals surface area contributed by atoms with E-state index in [9.17, 15) is 4.79 Å². The van der Waals surface area contributed by atoms with Gasteiger partial charge >= 0.3 is 0 Å². The molecule has 4 rings (SSSR count). The molecule has 1 aromatic carbocycles. The average Bonchev–Trinajstić information content (AvgIpc) is 3.21. The van der Waals surface area contributed by atoms with E-state index in [0.717, 1.165) is 27.5 Å². The van der Waals surface area contributed by atoms with Crippen LogP contribution in [0.15, 0.2) is 51.7 Å². The summed E-state index contributed by atoms with van der Waals surface area (Å²) in [5, 5.41) is 11.5. The van der Waals surface area contributed by atoms with Gasteiger partial charge in [0.15, 0.2) is 0 Å². The number of fused-ring (bicyclic) bond motifs is 1. The quantitative estimate of drug-likeness (QED) is 0.524. The summed E-state index contributed by atoms with van der Waals surface area (Å²) in [6.07, 6.45) is 1.69. The maximum atomic E-state index is 12.6. The number of aromatic nitrogens is 4. The Morgan fingerprint density at radius 3 is 2.65 bits per heavy atom. The Morgan fingerprint density at radius 1 is 1.12 bits per heavy atom. The Labute approximate surface area is 154 Å². The number of benzene rings is 1. The fourth-order valence-corrected chi connectivity index (χ4v) is 3.72. The van der Waals surface area contributed by atoms with Crippen LogP contribution < -0.4 is 5.56 Å². The number of nitrogens with zero attached hydrogens (tertiary/aromatic N) is 5. The molecule has 26 heavy (non-hydrogen) atoms. The third kappa shape index (κ3) is 2.66. The lowest BCUT2D eigenvalue weighted by Gasteiger charge is -2.04. The van der Waals surface area contributed by atoms with Crippen molar-refractivity contribution in [3.05, 3.63) is 74.9 Å². The molecule has 0 spiro atoms. The summed E-state index contributed by atoms with van der Waals surface area (Å²) in [4.78, 5) is 17.8. The number of hydrogen-bond acceptors (Lipinski definition) is 5. The van der Waals surface area contributed by atoms with E-state index >= 15 is 0 Å². The zero-order valence-corrected chi connectivity index (χ0v) is 15.5. The summed E-state index contributed by atoms with van der Waals surface area (Å²) in [5.74, 6) is 0.562. The van der Waals surface area contributed by atoms with Crippen LogP contribution in [0.3, 0.4) is 0 Å². The molecule has 130 valence electrons. The molecule has 3 heterocycles. The van der Waals surface area contributed by atoms with E-state index in [4.69, 9.17) is 0 Å². The van der Waals surface area contributed by atoms with Gasteiger partial charge in [-0.25, -0.2) is 9.67 Å². The van der Waals surface area contributed by atoms with Gasteiger partial charge in [0.2, 0.25) is 0 Å². The molecule has 0 aliphatic carbocycles. The van der Waals surface area contributed by atoms with Crippen LogP contribution in [0.2, 0.25) is 0 Å². The Morgan fingerprint density at radius 2 is 1.88 bits per heavy atom. The van der Waals surface area contributed by atoms with Crippen LogP contribution in [0.25, 0.3) is 15.9 Å². The molecule has 0 amide bonds. The van der Waals surface area contributed by atoms with Crippen LogP contribution in [-0.4, -0.2) is 25.7 Å². The first kappa shape index (κ1) is 16.4. The molecule has 4 aromatic rings. The second-order valence-electron chi connectivity index (χ2n) is 5.99. The van der Waals surface area contributed by atoms with E-state index in [-0.39, 0.29) is 5.56 Å². The van der Waals surface area contributed by atoms with E-state index < -0.39 is 0 Å². The number of thiophene rings is 1. The van der Waals surface area contributed by atoms with Crippen molar-refractivity contribution in [1.29, 1.82) is 0 Å². The number of para-hydroxylation sites is 1. The van der Waals surface area contributed by atoms with Gasteiger partial charge in [0, 0.05) is 5.56 Å². The lowest BCUT2D eigenvalue weighted by molar-refractivity contribution is 0.772. The monoisotopic (exact) mass is 363 g/mol. The van der Waals surface area contributed by atoms with Gasteiger partial charge in [0.05, 0.1) is 28.7 Å². The molecular weight excluding hydrogens is 346 g/mol. The molecular formula is C19H17N5OS. The SMILES string of the molecule is Cc1nn(-c2ccccc2)c(C)c1/C=N\n1c(C)nc2sccc2c1=O. The summed E-state index contributed by atoms with van der Waals surface area (Å²) in [6.45, 7) is 5.71. The molecule has 0 saturated heterocycles. The summed E-state index contributed by atoms with van der Waals surface area (Å²) in [6, 6.07) is 11.7. The lowest BCUT2D eigenvalue weighted by atomic mass is 10.2. The predicted molar refractivity (Wildman–Crippen MR) is 105 cm³/mol. The summed E-state index contributed by atoms with van der Waals surface area (Å²) in [7, 11) is 0. The van der Waals surface area contributed by atoms with Gasteiger partial charge in [-0.15, -0.1) is 11.3 Å². The predicted octanol–water partition coefficient (Wildman–Crippen LogP) is 3.45. The van der Waals surface area contributed by atoms with Crippen molar-refractivity contribution in [2.45, 2.75) is 20.8 Å². The Bertz CT molecular complexity index is 1180. The zero-order valence-electron chi connectivity index (χ0n) is 14.7. The molecule has 6 nitrogen and oxygen atoms in total. The van der Waals surface area contributed by atoms with Crippen molar-refractivity contribution >= 4 is 27.8 Å². The normalized spacial score (nSPS) is 11.7. The smallest absolute Gasteiger partial charge is 0.267 e. The highest BCUT2D eigenvalue weighted by molar-refractivity contribution is 7.16. The summed E-state index contributed by atoms with van der Waals surface area (Å²) in [5.41, 5.74) is 3.54. The fourth-order valence-electron chi connectivity index (χ4n) is 2.92. The van der Waals surface area contributed by atoms with Gasteiger partial charge in [0.25, 0.3) is 5.56 Å². The molecule has 0 aliphatic heterocycles. The largest absolute Gasteiger partial charge is 0.282 e. The molecule has 0 unspecified atom stereocenters. The van der Waals surface area contributed by atoms with Crippen LogP contribution in [-0.2, 0) is 0 Å². The maximum absolute atomic E-state index is 12.6. The highest BCUT2D eigenvalue weighted by Gasteiger charge is 2.12. The highest BCUT2D eigenvalue weighted by atomic mass is 32.1. The van der Waals surface area contributed by atoms with E-state index in [1.165, 1.54) is 16.0 Å². The molecule has 7 heteroatoms. The lowest BCUT2D eigenvalue weighted by Crippen LogP contribution is -2.19. The minimum absolute atomic E-state index is 0.157. The number of aryl methyl sites for hydroxylation is 2. The second-order valence-corrected chi connectivity index (χ2v) is 6.89. The summed E-state index contributed by atoms with van der Waals surface area (Å²) < 4.78 is 3.22. The van der Waals surface area contributed by atoms with Gasteiger partial charge in [-0.1, -0.05) is 18.2 Å². The Kier molecular flexibility index (Phi) is 4.00. The Balaban J connectivity index is 1.79. The van der Waals surface area contributed by atoms with Crippen LogP contribution in [0.1, 0.15) is 22.8 Å². The van der Waals surface area contributed by atoms with E-state index in [1.807, 2.05) is 54.2 Å². The van der Waals surface area contributed by atoms with Crippen molar-refractivity contribution in [3.8, 4) is 5.69 Å². The number of hydrogen-bond donors (Lipinski definition) is 0. The van der Waals surface area contributed by atoms with E-state index in [0.29, 0.717) is 11.2 Å². The topological polar surface area (TPSA) is 65.1 Å². The van der Waals surface area contributed by atoms with Gasteiger partial charge in [-0.3, -0.25) is 4.79 Å². The molecule has 0 fully saturated rings. The van der Waals surface area contributed by atoms with E-state index in [2.05, 4.69) is 15.2 Å². The zero-order chi connectivity index (χ0) is 18.3.